The predicted octanol–water partition coefficient (Wildman–Crippen LogP) is 4.00. The average Bonchev–Trinajstić information content (AvgIpc) is 3.43. The Morgan fingerprint density at radius 1 is 1.21 bits per heavy atom. The molecule has 0 bridgehead atoms. The number of nitrogens with zero attached hydrogens (tertiary/aromatic N) is 7. The molecule has 1 saturated carbocycles. The van der Waals surface area contributed by atoms with Crippen LogP contribution in [-0.4, -0.2) is 68.6 Å². The summed E-state index contributed by atoms with van der Waals surface area (Å²) in [6, 6.07) is 11.6. The Hall–Kier alpha value is -3.46. The van der Waals surface area contributed by atoms with Gasteiger partial charge in [0.15, 0.2) is 5.82 Å². The van der Waals surface area contributed by atoms with E-state index < -0.39 is 5.41 Å². The molecular formula is C31H43N9O2. The van der Waals surface area contributed by atoms with Gasteiger partial charge in [0, 0.05) is 56.3 Å². The van der Waals surface area contributed by atoms with Crippen molar-refractivity contribution in [2.75, 3.05) is 31.7 Å². The van der Waals surface area contributed by atoms with Crippen molar-refractivity contribution < 1.29 is 9.47 Å². The standard InChI is InChI=1S/C31H43N9O2/c1-22-17-33-26(15-24-7-9-25(10-8-24)35-23(2)18-42-19-30-37-38-39-40(30)3)16-27(22)28-5-4-6-29(36-28)34-21-31(20-32)11-13-41-14-12-31/h4-6,16-17,23-25,35H,7-15,18-19,21H2,1-3H3,(H,34,36)/t23-,24?,25?/m0/s1. The van der Waals surface area contributed by atoms with Crippen LogP contribution < -0.4 is 10.6 Å². The van der Waals surface area contributed by atoms with Crippen LogP contribution in [0, 0.1) is 29.6 Å². The first-order valence-corrected chi connectivity index (χ1v) is 15.1. The topological polar surface area (TPSA) is 136 Å². The molecule has 0 amide bonds. The van der Waals surface area contributed by atoms with Crippen molar-refractivity contribution in [1.82, 2.24) is 35.5 Å². The number of ether oxygens (including phenoxy) is 2. The maximum atomic E-state index is 9.79. The monoisotopic (exact) mass is 573 g/mol. The SMILES string of the molecule is Cc1cnc(CC2CCC(N[C@@H](C)COCc3nnnn3C)CC2)cc1-c1cccc(NCC2(C#N)CCOCC2)n1. The highest BCUT2D eigenvalue weighted by atomic mass is 16.5. The normalized spacial score (nSPS) is 21.0. The van der Waals surface area contributed by atoms with Crippen molar-refractivity contribution >= 4 is 5.82 Å². The summed E-state index contributed by atoms with van der Waals surface area (Å²) in [7, 11) is 1.82. The summed E-state index contributed by atoms with van der Waals surface area (Å²) in [5.41, 5.74) is 3.88. The second-order valence-electron chi connectivity index (χ2n) is 12.0. The van der Waals surface area contributed by atoms with Crippen LogP contribution in [0.25, 0.3) is 11.3 Å². The largest absolute Gasteiger partial charge is 0.381 e. The van der Waals surface area contributed by atoms with Gasteiger partial charge in [-0.3, -0.25) is 4.98 Å². The quantitative estimate of drug-likeness (QED) is 0.327. The number of hydrogen-bond acceptors (Lipinski definition) is 10. The first-order valence-electron chi connectivity index (χ1n) is 15.1. The highest BCUT2D eigenvalue weighted by molar-refractivity contribution is 5.65. The summed E-state index contributed by atoms with van der Waals surface area (Å²) in [4.78, 5) is 9.70. The van der Waals surface area contributed by atoms with Crippen molar-refractivity contribution in [3.05, 3.63) is 47.5 Å². The van der Waals surface area contributed by atoms with Crippen LogP contribution in [-0.2, 0) is 29.5 Å². The Morgan fingerprint density at radius 3 is 2.76 bits per heavy atom. The fraction of sp³-hybridized carbons (Fsp3) is 0.613. The van der Waals surface area contributed by atoms with Gasteiger partial charge in [-0.25, -0.2) is 9.67 Å². The fourth-order valence-electron chi connectivity index (χ4n) is 5.96. The van der Waals surface area contributed by atoms with Crippen molar-refractivity contribution in [3.63, 3.8) is 0 Å². The van der Waals surface area contributed by atoms with Crippen LogP contribution in [0.1, 0.15) is 62.5 Å². The molecule has 1 aliphatic carbocycles. The van der Waals surface area contributed by atoms with E-state index in [0.717, 1.165) is 66.3 Å². The van der Waals surface area contributed by atoms with Crippen molar-refractivity contribution in [1.29, 1.82) is 5.26 Å². The maximum absolute atomic E-state index is 9.79. The molecule has 4 heterocycles. The minimum Gasteiger partial charge on any atom is -0.381 e. The first-order chi connectivity index (χ1) is 20.4. The molecule has 11 heteroatoms. The Kier molecular flexibility index (Phi) is 10.1. The van der Waals surface area contributed by atoms with E-state index in [0.29, 0.717) is 44.9 Å². The van der Waals surface area contributed by atoms with Crippen LogP contribution in [0.15, 0.2) is 30.5 Å². The second kappa shape index (κ2) is 14.1. The van der Waals surface area contributed by atoms with Crippen LogP contribution in [0.3, 0.4) is 0 Å². The third-order valence-corrected chi connectivity index (χ3v) is 8.65. The summed E-state index contributed by atoms with van der Waals surface area (Å²) >= 11 is 0. The summed E-state index contributed by atoms with van der Waals surface area (Å²) in [5.74, 6) is 2.15. The average molecular weight is 574 g/mol. The van der Waals surface area contributed by atoms with Crippen LogP contribution in [0.5, 0.6) is 0 Å². The molecule has 0 aromatic carbocycles. The first kappa shape index (κ1) is 30.0. The number of rotatable bonds is 12. The molecule has 3 aromatic rings. The van der Waals surface area contributed by atoms with Crippen LogP contribution in [0.4, 0.5) is 5.82 Å². The molecule has 0 spiro atoms. The molecule has 2 N–H and O–H groups in total. The number of pyridine rings is 2. The molecule has 0 radical (unpaired) electrons. The number of anilines is 1. The minimum atomic E-state index is -0.397. The van der Waals surface area contributed by atoms with E-state index in [-0.39, 0.29) is 6.04 Å². The minimum absolute atomic E-state index is 0.272. The molecule has 5 rings (SSSR count). The van der Waals surface area contributed by atoms with Gasteiger partial charge in [-0.2, -0.15) is 5.26 Å². The predicted molar refractivity (Wildman–Crippen MR) is 159 cm³/mol. The summed E-state index contributed by atoms with van der Waals surface area (Å²) in [6.07, 6.45) is 9.14. The fourth-order valence-corrected chi connectivity index (χ4v) is 5.96. The summed E-state index contributed by atoms with van der Waals surface area (Å²) in [5, 5.41) is 28.4. The lowest BCUT2D eigenvalue weighted by Crippen LogP contribution is -2.41. The van der Waals surface area contributed by atoms with Gasteiger partial charge in [-0.15, -0.1) is 5.10 Å². The van der Waals surface area contributed by atoms with Gasteiger partial charge in [0.25, 0.3) is 0 Å². The zero-order valence-corrected chi connectivity index (χ0v) is 25.1. The van der Waals surface area contributed by atoms with Crippen molar-refractivity contribution in [2.24, 2.45) is 18.4 Å². The summed E-state index contributed by atoms with van der Waals surface area (Å²) in [6.45, 7) is 7.16. The van der Waals surface area contributed by atoms with Gasteiger partial charge in [-0.05, 0) is 98.9 Å². The molecule has 42 heavy (non-hydrogen) atoms. The van der Waals surface area contributed by atoms with Gasteiger partial charge in [0.2, 0.25) is 0 Å². The molecule has 2 aliphatic rings. The lowest BCUT2D eigenvalue weighted by molar-refractivity contribution is 0.0455. The molecule has 224 valence electrons. The van der Waals surface area contributed by atoms with Gasteiger partial charge in [-0.1, -0.05) is 6.07 Å². The number of hydrogen-bond donors (Lipinski definition) is 2. The molecule has 0 unspecified atom stereocenters. The molecule has 3 aromatic heterocycles. The number of tetrazole rings is 1. The highest BCUT2D eigenvalue weighted by Gasteiger charge is 2.32. The molecule has 2 fully saturated rings. The van der Waals surface area contributed by atoms with E-state index >= 15 is 0 Å². The second-order valence-corrected chi connectivity index (χ2v) is 12.0. The van der Waals surface area contributed by atoms with Gasteiger partial charge in [0.05, 0.1) is 23.8 Å². The molecular weight excluding hydrogens is 530 g/mol. The number of nitriles is 1. The number of aryl methyl sites for hydroxylation is 2. The van der Waals surface area contributed by atoms with Gasteiger partial charge in [0.1, 0.15) is 12.4 Å². The Bertz CT molecular complexity index is 1340. The van der Waals surface area contributed by atoms with Gasteiger partial charge < -0.3 is 20.1 Å². The third-order valence-electron chi connectivity index (χ3n) is 8.65. The van der Waals surface area contributed by atoms with Crippen LogP contribution in [0.2, 0.25) is 0 Å². The smallest absolute Gasteiger partial charge is 0.176 e. The molecule has 1 saturated heterocycles. The van der Waals surface area contributed by atoms with Crippen LogP contribution >= 0.6 is 0 Å². The third kappa shape index (κ3) is 7.88. The van der Waals surface area contributed by atoms with Crippen molar-refractivity contribution in [2.45, 2.75) is 77.5 Å². The Labute approximate surface area is 248 Å². The van der Waals surface area contributed by atoms with E-state index in [9.17, 15) is 5.26 Å². The van der Waals surface area contributed by atoms with E-state index in [4.69, 9.17) is 19.4 Å². The summed E-state index contributed by atoms with van der Waals surface area (Å²) < 4.78 is 12.9. The molecule has 1 aliphatic heterocycles. The molecule has 11 nitrogen and oxygen atoms in total. The van der Waals surface area contributed by atoms with E-state index in [2.05, 4.69) is 58.2 Å². The Morgan fingerprint density at radius 2 is 2.02 bits per heavy atom. The zero-order valence-electron chi connectivity index (χ0n) is 25.1. The van der Waals surface area contributed by atoms with E-state index in [1.165, 1.54) is 12.8 Å². The van der Waals surface area contributed by atoms with Crippen molar-refractivity contribution in [3.8, 4) is 17.3 Å². The van der Waals surface area contributed by atoms with Gasteiger partial charge >= 0.3 is 0 Å². The Balaban J connectivity index is 1.11. The van der Waals surface area contributed by atoms with E-state index in [1.54, 1.807) is 4.68 Å². The number of nitrogens with one attached hydrogen (secondary N) is 2. The molecule has 1 atom stereocenters. The maximum Gasteiger partial charge on any atom is 0.176 e. The lowest BCUT2D eigenvalue weighted by atomic mass is 9.82. The highest BCUT2D eigenvalue weighted by Crippen LogP contribution is 2.31. The van der Waals surface area contributed by atoms with E-state index in [1.807, 2.05) is 25.4 Å². The lowest BCUT2D eigenvalue weighted by Gasteiger charge is -2.31. The number of aromatic nitrogens is 6. The zero-order chi connectivity index (χ0) is 29.4.